The SMILES string of the molecule is CCC(C)ON1C2=CC=CCC2CCC1CC. The minimum absolute atomic E-state index is 0.314. The number of hydroxylamine groups is 2. The zero-order valence-electron chi connectivity index (χ0n) is 11.4. The van der Waals surface area contributed by atoms with Crippen molar-refractivity contribution in [2.45, 2.75) is 65.0 Å². The highest BCUT2D eigenvalue weighted by Gasteiger charge is 2.32. The van der Waals surface area contributed by atoms with E-state index in [0.717, 1.165) is 6.42 Å². The van der Waals surface area contributed by atoms with E-state index in [1.807, 2.05) is 0 Å². The van der Waals surface area contributed by atoms with E-state index in [-0.39, 0.29) is 0 Å². The van der Waals surface area contributed by atoms with Gasteiger partial charge in [0.1, 0.15) is 0 Å². The van der Waals surface area contributed by atoms with Crippen LogP contribution in [0.25, 0.3) is 0 Å². The summed E-state index contributed by atoms with van der Waals surface area (Å²) in [6.07, 6.45) is 13.0. The topological polar surface area (TPSA) is 12.5 Å². The standard InChI is InChI=1S/C15H25NO/c1-4-12(3)17-16-14(5-2)11-10-13-8-6-7-9-15(13)16/h6-7,9,12-14H,4-5,8,10-11H2,1-3H3. The van der Waals surface area contributed by atoms with Crippen LogP contribution < -0.4 is 0 Å². The third kappa shape index (κ3) is 2.74. The normalized spacial score (nSPS) is 29.8. The Bertz CT molecular complexity index is 308. The summed E-state index contributed by atoms with van der Waals surface area (Å²) in [7, 11) is 0. The number of piperidine rings is 1. The van der Waals surface area contributed by atoms with Crippen molar-refractivity contribution < 1.29 is 4.84 Å². The number of hydrogen-bond acceptors (Lipinski definition) is 2. The molecule has 0 amide bonds. The predicted molar refractivity (Wildman–Crippen MR) is 71.3 cm³/mol. The van der Waals surface area contributed by atoms with Crippen LogP contribution in [-0.2, 0) is 4.84 Å². The lowest BCUT2D eigenvalue weighted by atomic mass is 9.85. The van der Waals surface area contributed by atoms with E-state index in [2.05, 4.69) is 44.1 Å². The first-order chi connectivity index (χ1) is 8.26. The Labute approximate surface area is 105 Å². The van der Waals surface area contributed by atoms with Gasteiger partial charge in [0.2, 0.25) is 0 Å². The van der Waals surface area contributed by atoms with Crippen LogP contribution in [-0.4, -0.2) is 17.2 Å². The molecule has 96 valence electrons. The van der Waals surface area contributed by atoms with Gasteiger partial charge in [0.15, 0.2) is 0 Å². The maximum absolute atomic E-state index is 6.14. The van der Waals surface area contributed by atoms with Crippen LogP contribution in [0.1, 0.15) is 52.9 Å². The van der Waals surface area contributed by atoms with Crippen molar-refractivity contribution >= 4 is 0 Å². The molecule has 3 atom stereocenters. The minimum Gasteiger partial charge on any atom is -0.271 e. The molecule has 2 rings (SSSR count). The minimum atomic E-state index is 0.314. The van der Waals surface area contributed by atoms with E-state index in [4.69, 9.17) is 4.84 Å². The Morgan fingerprint density at radius 2 is 2.24 bits per heavy atom. The van der Waals surface area contributed by atoms with Crippen LogP contribution in [0.5, 0.6) is 0 Å². The summed E-state index contributed by atoms with van der Waals surface area (Å²) in [6.45, 7) is 6.61. The van der Waals surface area contributed by atoms with Gasteiger partial charge in [-0.25, -0.2) is 0 Å². The van der Waals surface area contributed by atoms with E-state index in [9.17, 15) is 0 Å². The van der Waals surface area contributed by atoms with Crippen LogP contribution in [0, 0.1) is 5.92 Å². The van der Waals surface area contributed by atoms with Crippen LogP contribution in [0.15, 0.2) is 23.9 Å². The molecule has 0 saturated carbocycles. The highest BCUT2D eigenvalue weighted by atomic mass is 16.7. The fraction of sp³-hybridized carbons (Fsp3) is 0.733. The largest absolute Gasteiger partial charge is 0.271 e. The smallest absolute Gasteiger partial charge is 0.0825 e. The lowest BCUT2D eigenvalue weighted by Crippen LogP contribution is -2.43. The summed E-state index contributed by atoms with van der Waals surface area (Å²) in [5, 5.41) is 2.23. The average molecular weight is 235 g/mol. The molecule has 1 heterocycles. The Kier molecular flexibility index (Phi) is 4.27. The highest BCUT2D eigenvalue weighted by molar-refractivity contribution is 5.21. The van der Waals surface area contributed by atoms with E-state index < -0.39 is 0 Å². The van der Waals surface area contributed by atoms with Crippen molar-refractivity contribution in [2.75, 3.05) is 0 Å². The molecule has 2 aliphatic rings. The molecule has 2 heteroatoms. The Morgan fingerprint density at radius 1 is 1.41 bits per heavy atom. The van der Waals surface area contributed by atoms with E-state index in [1.165, 1.54) is 31.4 Å². The zero-order valence-corrected chi connectivity index (χ0v) is 11.4. The molecule has 3 unspecified atom stereocenters. The Morgan fingerprint density at radius 3 is 2.94 bits per heavy atom. The van der Waals surface area contributed by atoms with Gasteiger partial charge < -0.3 is 0 Å². The molecule has 17 heavy (non-hydrogen) atoms. The van der Waals surface area contributed by atoms with Gasteiger partial charge in [-0.05, 0) is 45.1 Å². The summed E-state index contributed by atoms with van der Waals surface area (Å²) >= 11 is 0. The van der Waals surface area contributed by atoms with Crippen molar-refractivity contribution in [3.8, 4) is 0 Å². The molecule has 1 fully saturated rings. The second kappa shape index (κ2) is 5.72. The van der Waals surface area contributed by atoms with Crippen molar-refractivity contribution in [3.63, 3.8) is 0 Å². The lowest BCUT2D eigenvalue weighted by Gasteiger charge is -2.43. The fourth-order valence-corrected chi connectivity index (χ4v) is 2.69. The summed E-state index contributed by atoms with van der Waals surface area (Å²) < 4.78 is 0. The van der Waals surface area contributed by atoms with E-state index >= 15 is 0 Å². The average Bonchev–Trinajstić information content (AvgIpc) is 2.39. The maximum atomic E-state index is 6.14. The Hall–Kier alpha value is -0.760. The molecule has 0 radical (unpaired) electrons. The molecule has 0 aromatic carbocycles. The van der Waals surface area contributed by atoms with Gasteiger partial charge >= 0.3 is 0 Å². The maximum Gasteiger partial charge on any atom is 0.0825 e. The van der Waals surface area contributed by atoms with Crippen molar-refractivity contribution in [1.82, 2.24) is 5.06 Å². The number of fused-ring (bicyclic) bond motifs is 1. The van der Waals surface area contributed by atoms with Gasteiger partial charge in [-0.15, -0.1) is 0 Å². The van der Waals surface area contributed by atoms with Crippen LogP contribution in [0.3, 0.4) is 0 Å². The zero-order chi connectivity index (χ0) is 12.3. The predicted octanol–water partition coefficient (Wildman–Crippen LogP) is 4.05. The van der Waals surface area contributed by atoms with Crippen molar-refractivity contribution in [2.24, 2.45) is 5.92 Å². The molecular formula is C15H25NO. The molecule has 0 aromatic heterocycles. The summed E-state index contributed by atoms with van der Waals surface area (Å²) in [5.74, 6) is 0.687. The number of rotatable bonds is 4. The summed E-state index contributed by atoms with van der Waals surface area (Å²) in [6, 6.07) is 0.568. The van der Waals surface area contributed by atoms with Gasteiger partial charge in [-0.1, -0.05) is 26.0 Å². The first-order valence-electron chi connectivity index (χ1n) is 7.09. The van der Waals surface area contributed by atoms with Gasteiger partial charge in [-0.3, -0.25) is 9.90 Å². The molecule has 2 nitrogen and oxygen atoms in total. The first-order valence-corrected chi connectivity index (χ1v) is 7.09. The third-order valence-corrected chi connectivity index (χ3v) is 4.02. The molecule has 0 bridgehead atoms. The summed E-state index contributed by atoms with van der Waals surface area (Å²) in [5.41, 5.74) is 1.41. The summed E-state index contributed by atoms with van der Waals surface area (Å²) in [4.78, 5) is 6.14. The second-order valence-electron chi connectivity index (χ2n) is 5.24. The van der Waals surface area contributed by atoms with Gasteiger partial charge in [0.25, 0.3) is 0 Å². The van der Waals surface area contributed by atoms with Gasteiger partial charge in [-0.2, -0.15) is 0 Å². The van der Waals surface area contributed by atoms with Crippen molar-refractivity contribution in [3.05, 3.63) is 23.9 Å². The number of allylic oxidation sites excluding steroid dienone is 4. The molecule has 0 aromatic rings. The monoisotopic (exact) mass is 235 g/mol. The number of nitrogens with zero attached hydrogens (tertiary/aromatic N) is 1. The van der Waals surface area contributed by atoms with Crippen LogP contribution >= 0.6 is 0 Å². The highest BCUT2D eigenvalue weighted by Crippen LogP contribution is 2.37. The second-order valence-corrected chi connectivity index (χ2v) is 5.24. The molecular weight excluding hydrogens is 210 g/mol. The Balaban J connectivity index is 2.14. The van der Waals surface area contributed by atoms with Crippen molar-refractivity contribution in [1.29, 1.82) is 0 Å². The molecule has 1 aliphatic heterocycles. The van der Waals surface area contributed by atoms with Gasteiger partial charge in [0, 0.05) is 11.6 Å². The fourth-order valence-electron chi connectivity index (χ4n) is 2.69. The van der Waals surface area contributed by atoms with E-state index in [1.54, 1.807) is 0 Å². The molecule has 0 N–H and O–H groups in total. The quantitative estimate of drug-likeness (QED) is 0.729. The first kappa shape index (κ1) is 12.7. The van der Waals surface area contributed by atoms with E-state index in [0.29, 0.717) is 18.1 Å². The molecule has 1 saturated heterocycles. The van der Waals surface area contributed by atoms with Crippen LogP contribution in [0.4, 0.5) is 0 Å². The molecule has 0 spiro atoms. The van der Waals surface area contributed by atoms with Crippen LogP contribution in [0.2, 0.25) is 0 Å². The third-order valence-electron chi connectivity index (χ3n) is 4.02. The molecule has 1 aliphatic carbocycles. The van der Waals surface area contributed by atoms with Gasteiger partial charge in [0.05, 0.1) is 12.1 Å². The lowest BCUT2D eigenvalue weighted by molar-refractivity contribution is -0.209. The number of hydrogen-bond donors (Lipinski definition) is 0.